The Labute approximate surface area is 157 Å². The van der Waals surface area contributed by atoms with Gasteiger partial charge in [0.25, 0.3) is 0 Å². The molecule has 2 aliphatic rings. The van der Waals surface area contributed by atoms with Crippen LogP contribution in [0.4, 0.5) is 0 Å². The van der Waals surface area contributed by atoms with Crippen molar-refractivity contribution in [1.82, 2.24) is 10.2 Å². The topological polar surface area (TPSA) is 92.2 Å². The van der Waals surface area contributed by atoms with Gasteiger partial charge in [0, 0.05) is 16.1 Å². The van der Waals surface area contributed by atoms with Gasteiger partial charge in [-0.25, -0.2) is 0 Å². The summed E-state index contributed by atoms with van der Waals surface area (Å²) in [5.74, 6) is 0.446. The molecule has 0 bridgehead atoms. The standard InChI is InChI=1S/C19H23N5OS/c1-12-16-17(14(9-20)18(21)25-19(16)23-22-12)15-8-13(11-26-15)10-24-6-4-2-3-5-7-24/h8,11,17H,2-7,10,21H2,1H3,(H,22,23)/p+1/t17-/m1/s1. The first kappa shape index (κ1) is 17.1. The molecule has 4 heterocycles. The Morgan fingerprint density at radius 3 is 2.88 bits per heavy atom. The number of nitrogens with zero attached hydrogens (tertiary/aromatic N) is 2. The normalized spacial score (nSPS) is 21.0. The van der Waals surface area contributed by atoms with E-state index in [1.165, 1.54) is 44.3 Å². The van der Waals surface area contributed by atoms with Crippen LogP contribution in [0, 0.1) is 18.3 Å². The van der Waals surface area contributed by atoms with Gasteiger partial charge < -0.3 is 15.4 Å². The fourth-order valence-electron chi connectivity index (χ4n) is 4.02. The van der Waals surface area contributed by atoms with E-state index in [0.29, 0.717) is 11.5 Å². The fourth-order valence-corrected chi connectivity index (χ4v) is 5.05. The Morgan fingerprint density at radius 1 is 1.38 bits per heavy atom. The van der Waals surface area contributed by atoms with Crippen LogP contribution in [0.25, 0.3) is 0 Å². The Kier molecular flexibility index (Phi) is 4.70. The van der Waals surface area contributed by atoms with E-state index in [0.717, 1.165) is 22.7 Å². The second-order valence-corrected chi connectivity index (χ2v) is 8.13. The van der Waals surface area contributed by atoms with Crippen molar-refractivity contribution in [1.29, 1.82) is 5.26 Å². The lowest BCUT2D eigenvalue weighted by Gasteiger charge is -2.22. The summed E-state index contributed by atoms with van der Waals surface area (Å²) in [6.07, 6.45) is 5.36. The third kappa shape index (κ3) is 3.11. The van der Waals surface area contributed by atoms with Crippen molar-refractivity contribution in [3.63, 3.8) is 0 Å². The first-order valence-corrected chi connectivity index (χ1v) is 10.1. The molecule has 0 unspecified atom stereocenters. The Balaban J connectivity index is 1.63. The Hall–Kier alpha value is -2.30. The highest BCUT2D eigenvalue weighted by Crippen LogP contribution is 2.44. The number of aromatic nitrogens is 2. The Bertz CT molecular complexity index is 867. The molecular formula is C19H24N5OS+. The zero-order chi connectivity index (χ0) is 18.1. The van der Waals surface area contributed by atoms with E-state index in [4.69, 9.17) is 10.5 Å². The summed E-state index contributed by atoms with van der Waals surface area (Å²) in [7, 11) is 0. The molecule has 2 aromatic heterocycles. The molecule has 0 aliphatic carbocycles. The minimum atomic E-state index is -0.194. The molecule has 136 valence electrons. The molecule has 0 spiro atoms. The van der Waals surface area contributed by atoms with Crippen molar-refractivity contribution in [2.24, 2.45) is 5.73 Å². The van der Waals surface area contributed by atoms with Gasteiger partial charge in [-0.1, -0.05) is 0 Å². The molecule has 1 fully saturated rings. The van der Waals surface area contributed by atoms with Crippen molar-refractivity contribution in [3.8, 4) is 11.9 Å². The fraction of sp³-hybridized carbons (Fsp3) is 0.474. The average Bonchev–Trinajstić information content (AvgIpc) is 3.13. The number of nitrogens with two attached hydrogens (primary N) is 1. The van der Waals surface area contributed by atoms with E-state index in [-0.39, 0.29) is 11.8 Å². The van der Waals surface area contributed by atoms with E-state index >= 15 is 0 Å². The minimum absolute atomic E-state index is 0.157. The summed E-state index contributed by atoms with van der Waals surface area (Å²) in [5, 5.41) is 19.0. The van der Waals surface area contributed by atoms with Crippen molar-refractivity contribution >= 4 is 11.3 Å². The van der Waals surface area contributed by atoms with Gasteiger partial charge in [-0.05, 0) is 44.1 Å². The van der Waals surface area contributed by atoms with Gasteiger partial charge in [0.1, 0.15) is 18.2 Å². The molecule has 26 heavy (non-hydrogen) atoms. The maximum absolute atomic E-state index is 9.65. The maximum Gasteiger partial charge on any atom is 0.244 e. The first-order valence-electron chi connectivity index (χ1n) is 9.20. The molecule has 4 N–H and O–H groups in total. The van der Waals surface area contributed by atoms with Gasteiger partial charge in [-0.3, -0.25) is 5.10 Å². The van der Waals surface area contributed by atoms with Gasteiger partial charge in [0.15, 0.2) is 0 Å². The minimum Gasteiger partial charge on any atom is -0.420 e. The van der Waals surface area contributed by atoms with Crippen molar-refractivity contribution < 1.29 is 9.64 Å². The van der Waals surface area contributed by atoms with Crippen LogP contribution in [0.3, 0.4) is 0 Å². The number of ether oxygens (including phenoxy) is 1. The molecule has 1 saturated heterocycles. The van der Waals surface area contributed by atoms with Crippen molar-refractivity contribution in [3.05, 3.63) is 44.6 Å². The molecule has 4 rings (SSSR count). The third-order valence-electron chi connectivity index (χ3n) is 5.35. The van der Waals surface area contributed by atoms with E-state index in [1.807, 2.05) is 6.92 Å². The average molecular weight is 371 g/mol. The predicted octanol–water partition coefficient (Wildman–Crippen LogP) is 1.96. The number of quaternary nitrogens is 1. The molecule has 2 aromatic rings. The summed E-state index contributed by atoms with van der Waals surface area (Å²) < 4.78 is 5.54. The number of rotatable bonds is 3. The molecule has 7 heteroatoms. The van der Waals surface area contributed by atoms with Crippen LogP contribution >= 0.6 is 11.3 Å². The number of fused-ring (bicyclic) bond motifs is 1. The summed E-state index contributed by atoms with van der Waals surface area (Å²) in [6.45, 7) is 5.51. The number of nitrogens with one attached hydrogen (secondary N) is 2. The van der Waals surface area contributed by atoms with Gasteiger partial charge in [0.2, 0.25) is 11.8 Å². The van der Waals surface area contributed by atoms with Gasteiger partial charge in [-0.15, -0.1) is 16.4 Å². The number of H-pyrrole nitrogens is 1. The number of hydrogen-bond donors (Lipinski definition) is 3. The maximum atomic E-state index is 9.65. The number of likely N-dealkylation sites (tertiary alicyclic amines) is 1. The zero-order valence-corrected chi connectivity index (χ0v) is 15.8. The van der Waals surface area contributed by atoms with Crippen LogP contribution in [0.1, 0.15) is 53.3 Å². The largest absolute Gasteiger partial charge is 0.420 e. The summed E-state index contributed by atoms with van der Waals surface area (Å²) in [5.41, 5.74) is 9.64. The molecule has 0 radical (unpaired) electrons. The van der Waals surface area contributed by atoms with Crippen molar-refractivity contribution in [2.75, 3.05) is 13.1 Å². The van der Waals surface area contributed by atoms with Crippen LogP contribution < -0.4 is 15.4 Å². The molecule has 0 aromatic carbocycles. The number of hydrogen-bond acceptors (Lipinski definition) is 5. The molecule has 1 atom stereocenters. The first-order chi connectivity index (χ1) is 12.7. The molecule has 0 saturated carbocycles. The highest BCUT2D eigenvalue weighted by atomic mass is 32.1. The van der Waals surface area contributed by atoms with E-state index < -0.39 is 0 Å². The lowest BCUT2D eigenvalue weighted by atomic mass is 9.88. The lowest BCUT2D eigenvalue weighted by Crippen LogP contribution is -3.10. The smallest absolute Gasteiger partial charge is 0.244 e. The van der Waals surface area contributed by atoms with Gasteiger partial charge in [-0.2, -0.15) is 5.26 Å². The molecule has 0 amide bonds. The van der Waals surface area contributed by atoms with E-state index in [9.17, 15) is 5.26 Å². The van der Waals surface area contributed by atoms with Gasteiger partial charge >= 0.3 is 0 Å². The molecule has 2 aliphatic heterocycles. The van der Waals surface area contributed by atoms with Crippen LogP contribution in [-0.4, -0.2) is 23.3 Å². The molecular weight excluding hydrogens is 346 g/mol. The summed E-state index contributed by atoms with van der Waals surface area (Å²) in [6, 6.07) is 4.48. The third-order valence-corrected chi connectivity index (χ3v) is 6.40. The predicted molar refractivity (Wildman–Crippen MR) is 99.8 cm³/mol. The van der Waals surface area contributed by atoms with Gasteiger partial charge in [0.05, 0.1) is 24.6 Å². The number of thiophene rings is 1. The zero-order valence-electron chi connectivity index (χ0n) is 15.0. The number of nitriles is 1. The van der Waals surface area contributed by atoms with Crippen LogP contribution in [0.5, 0.6) is 5.88 Å². The summed E-state index contributed by atoms with van der Waals surface area (Å²) >= 11 is 1.70. The lowest BCUT2D eigenvalue weighted by molar-refractivity contribution is -0.913. The van der Waals surface area contributed by atoms with E-state index in [1.54, 1.807) is 16.2 Å². The highest BCUT2D eigenvalue weighted by Gasteiger charge is 2.35. The second kappa shape index (κ2) is 7.14. The number of allylic oxidation sites excluding steroid dienone is 1. The van der Waals surface area contributed by atoms with Crippen LogP contribution in [0.15, 0.2) is 22.9 Å². The van der Waals surface area contributed by atoms with E-state index in [2.05, 4.69) is 27.7 Å². The number of aromatic amines is 1. The monoisotopic (exact) mass is 370 g/mol. The number of aryl methyl sites for hydroxylation is 1. The SMILES string of the molecule is Cc1[nH]nc2c1[C@@H](c1cc(C[NH+]3CCCCCC3)cs1)C(C#N)=C(N)O2. The van der Waals surface area contributed by atoms with Crippen LogP contribution in [-0.2, 0) is 6.54 Å². The second-order valence-electron chi connectivity index (χ2n) is 7.19. The highest BCUT2D eigenvalue weighted by molar-refractivity contribution is 7.10. The molecule has 6 nitrogen and oxygen atoms in total. The quantitative estimate of drug-likeness (QED) is 0.770. The summed E-state index contributed by atoms with van der Waals surface area (Å²) in [4.78, 5) is 2.79. The Morgan fingerprint density at radius 2 is 2.15 bits per heavy atom. The van der Waals surface area contributed by atoms with Crippen molar-refractivity contribution in [2.45, 2.75) is 45.1 Å². The van der Waals surface area contributed by atoms with Crippen LogP contribution in [0.2, 0.25) is 0 Å².